The number of aryl methyl sites for hydroxylation is 2. The number of hydrogen-bond donors (Lipinski definition) is 1. The summed E-state index contributed by atoms with van der Waals surface area (Å²) in [6.07, 6.45) is 0. The molecule has 0 atom stereocenters. The van der Waals surface area contributed by atoms with Crippen LogP contribution in [0, 0.1) is 13.8 Å². The van der Waals surface area contributed by atoms with Gasteiger partial charge in [0.2, 0.25) is 5.95 Å². The summed E-state index contributed by atoms with van der Waals surface area (Å²) in [5.41, 5.74) is 2.75. The normalized spacial score (nSPS) is 15.3. The van der Waals surface area contributed by atoms with Gasteiger partial charge in [-0.15, -0.1) is 0 Å². The predicted molar refractivity (Wildman–Crippen MR) is 101 cm³/mol. The van der Waals surface area contributed by atoms with Crippen LogP contribution >= 0.6 is 11.6 Å². The number of piperazine rings is 1. The van der Waals surface area contributed by atoms with Crippen LogP contribution in [0.3, 0.4) is 0 Å². The van der Waals surface area contributed by atoms with E-state index in [0.717, 1.165) is 43.5 Å². The number of nitrogens with zero attached hydrogens (tertiary/aromatic N) is 4. The average Bonchev–Trinajstić information content (AvgIpc) is 2.59. The fraction of sp³-hybridized carbons (Fsp3) is 0.389. The molecule has 25 heavy (non-hydrogen) atoms. The number of carbonyl (C=O) groups is 1. The van der Waals surface area contributed by atoms with E-state index < -0.39 is 0 Å². The minimum atomic E-state index is -0.196. The van der Waals surface area contributed by atoms with E-state index in [0.29, 0.717) is 16.3 Å². The van der Waals surface area contributed by atoms with Crippen LogP contribution in [0.25, 0.3) is 0 Å². The molecule has 0 spiro atoms. The summed E-state index contributed by atoms with van der Waals surface area (Å²) in [7, 11) is 2.12. The lowest BCUT2D eigenvalue weighted by Crippen LogP contribution is -2.45. The zero-order valence-corrected chi connectivity index (χ0v) is 15.5. The number of benzene rings is 1. The highest BCUT2D eigenvalue weighted by Crippen LogP contribution is 2.22. The molecule has 1 fully saturated rings. The second-order valence-electron chi connectivity index (χ2n) is 6.32. The zero-order chi connectivity index (χ0) is 18.0. The van der Waals surface area contributed by atoms with E-state index in [2.05, 4.69) is 32.1 Å². The Morgan fingerprint density at radius 1 is 1.04 bits per heavy atom. The Morgan fingerprint density at radius 2 is 1.60 bits per heavy atom. The Labute approximate surface area is 152 Å². The number of halogens is 1. The number of rotatable bonds is 3. The topological polar surface area (TPSA) is 61.4 Å². The van der Waals surface area contributed by atoms with Gasteiger partial charge in [-0.05, 0) is 45.2 Å². The average molecular weight is 360 g/mol. The van der Waals surface area contributed by atoms with Crippen molar-refractivity contribution >= 4 is 29.1 Å². The van der Waals surface area contributed by atoms with Gasteiger partial charge in [0, 0.05) is 36.8 Å². The zero-order valence-electron chi connectivity index (χ0n) is 14.7. The van der Waals surface area contributed by atoms with Crippen molar-refractivity contribution in [1.82, 2.24) is 14.9 Å². The lowest BCUT2D eigenvalue weighted by atomic mass is 10.2. The second kappa shape index (κ2) is 7.37. The molecule has 2 aromatic rings. The fourth-order valence-electron chi connectivity index (χ4n) is 2.81. The third kappa shape index (κ3) is 4.08. The third-order valence-corrected chi connectivity index (χ3v) is 4.64. The Hall–Kier alpha value is -2.18. The van der Waals surface area contributed by atoms with Gasteiger partial charge in [-0.2, -0.15) is 0 Å². The maximum atomic E-state index is 12.4. The largest absolute Gasteiger partial charge is 0.338 e. The number of aromatic nitrogens is 2. The predicted octanol–water partition coefficient (Wildman–Crippen LogP) is 2.75. The van der Waals surface area contributed by atoms with Crippen LogP contribution in [0.15, 0.2) is 24.3 Å². The monoisotopic (exact) mass is 359 g/mol. The molecule has 1 aliphatic heterocycles. The highest BCUT2D eigenvalue weighted by molar-refractivity contribution is 6.30. The fourth-order valence-corrected chi connectivity index (χ4v) is 2.94. The quantitative estimate of drug-likeness (QED) is 0.913. The number of anilines is 2. The minimum absolute atomic E-state index is 0.196. The first-order valence-electron chi connectivity index (χ1n) is 8.29. The van der Waals surface area contributed by atoms with Crippen molar-refractivity contribution in [3.05, 3.63) is 46.2 Å². The molecule has 0 aliphatic carbocycles. The van der Waals surface area contributed by atoms with Crippen molar-refractivity contribution in [2.24, 2.45) is 0 Å². The van der Waals surface area contributed by atoms with Crippen molar-refractivity contribution in [3.63, 3.8) is 0 Å². The van der Waals surface area contributed by atoms with Crippen LogP contribution in [0.2, 0.25) is 5.02 Å². The van der Waals surface area contributed by atoms with Gasteiger partial charge in [-0.1, -0.05) is 11.6 Å². The number of amides is 1. The molecular weight excluding hydrogens is 338 g/mol. The smallest absolute Gasteiger partial charge is 0.255 e. The van der Waals surface area contributed by atoms with Gasteiger partial charge in [0.05, 0.1) is 17.1 Å². The number of nitrogens with one attached hydrogen (secondary N) is 1. The van der Waals surface area contributed by atoms with Crippen molar-refractivity contribution in [1.29, 1.82) is 0 Å². The number of carbonyl (C=O) groups excluding carboxylic acids is 1. The van der Waals surface area contributed by atoms with Crippen molar-refractivity contribution in [2.75, 3.05) is 43.4 Å². The van der Waals surface area contributed by atoms with Gasteiger partial charge in [0.1, 0.15) is 0 Å². The Kier molecular flexibility index (Phi) is 5.20. The first-order chi connectivity index (χ1) is 11.9. The summed E-state index contributed by atoms with van der Waals surface area (Å²) in [6, 6.07) is 6.79. The molecule has 0 radical (unpaired) electrons. The van der Waals surface area contributed by atoms with Gasteiger partial charge < -0.3 is 15.1 Å². The molecule has 0 saturated carbocycles. The maximum Gasteiger partial charge on any atom is 0.255 e. The lowest BCUT2D eigenvalue weighted by molar-refractivity contribution is 0.102. The van der Waals surface area contributed by atoms with Crippen LogP contribution < -0.4 is 10.2 Å². The van der Waals surface area contributed by atoms with Gasteiger partial charge in [0.15, 0.2) is 0 Å². The first-order valence-corrected chi connectivity index (χ1v) is 8.67. The molecule has 0 unspecified atom stereocenters. The Morgan fingerprint density at radius 3 is 2.16 bits per heavy atom. The molecule has 1 N–H and O–H groups in total. The highest BCUT2D eigenvalue weighted by atomic mass is 35.5. The van der Waals surface area contributed by atoms with Crippen molar-refractivity contribution < 1.29 is 4.79 Å². The summed E-state index contributed by atoms with van der Waals surface area (Å²) in [6.45, 7) is 7.60. The summed E-state index contributed by atoms with van der Waals surface area (Å²) in [5.74, 6) is 0.534. The maximum absolute atomic E-state index is 12.4. The van der Waals surface area contributed by atoms with Crippen LogP contribution in [-0.4, -0.2) is 54.0 Å². The molecule has 6 nitrogen and oxygen atoms in total. The van der Waals surface area contributed by atoms with Crippen molar-refractivity contribution in [3.8, 4) is 0 Å². The molecule has 132 valence electrons. The standard InChI is InChI=1S/C18H22ClN5O/c1-12-16(22-17(25)14-4-6-15(19)7-5-14)13(2)21-18(20-12)24-10-8-23(3)9-11-24/h4-7H,8-11H2,1-3H3,(H,22,25). The summed E-state index contributed by atoms with van der Waals surface area (Å²) >= 11 is 5.87. The van der Waals surface area contributed by atoms with E-state index in [4.69, 9.17) is 11.6 Å². The summed E-state index contributed by atoms with van der Waals surface area (Å²) in [5, 5.41) is 3.52. The summed E-state index contributed by atoms with van der Waals surface area (Å²) < 4.78 is 0. The van der Waals surface area contributed by atoms with E-state index in [1.54, 1.807) is 24.3 Å². The molecule has 2 heterocycles. The van der Waals surface area contributed by atoms with Crippen LogP contribution in [0.4, 0.5) is 11.6 Å². The molecule has 1 aliphatic rings. The van der Waals surface area contributed by atoms with E-state index >= 15 is 0 Å². The van der Waals surface area contributed by atoms with Crippen molar-refractivity contribution in [2.45, 2.75) is 13.8 Å². The first kappa shape index (κ1) is 17.6. The van der Waals surface area contributed by atoms with Gasteiger partial charge in [-0.25, -0.2) is 9.97 Å². The second-order valence-corrected chi connectivity index (χ2v) is 6.76. The van der Waals surface area contributed by atoms with E-state index in [1.807, 2.05) is 13.8 Å². The number of hydrogen-bond acceptors (Lipinski definition) is 5. The molecule has 7 heteroatoms. The molecule has 1 aromatic heterocycles. The SMILES string of the molecule is Cc1nc(N2CCN(C)CC2)nc(C)c1NC(=O)c1ccc(Cl)cc1. The van der Waals surface area contributed by atoms with Gasteiger partial charge >= 0.3 is 0 Å². The van der Waals surface area contributed by atoms with Gasteiger partial charge in [0.25, 0.3) is 5.91 Å². The molecule has 3 rings (SSSR count). The highest BCUT2D eigenvalue weighted by Gasteiger charge is 2.19. The van der Waals surface area contributed by atoms with Crippen LogP contribution in [0.5, 0.6) is 0 Å². The third-order valence-electron chi connectivity index (χ3n) is 4.39. The van der Waals surface area contributed by atoms with E-state index in [-0.39, 0.29) is 5.91 Å². The molecule has 1 aromatic carbocycles. The molecule has 1 amide bonds. The molecule has 0 bridgehead atoms. The Balaban J connectivity index is 1.78. The lowest BCUT2D eigenvalue weighted by Gasteiger charge is -2.32. The van der Waals surface area contributed by atoms with Crippen LogP contribution in [-0.2, 0) is 0 Å². The molecular formula is C18H22ClN5O. The van der Waals surface area contributed by atoms with E-state index in [9.17, 15) is 4.79 Å². The minimum Gasteiger partial charge on any atom is -0.338 e. The van der Waals surface area contributed by atoms with Crippen LogP contribution in [0.1, 0.15) is 21.7 Å². The summed E-state index contributed by atoms with van der Waals surface area (Å²) in [4.78, 5) is 26.1. The van der Waals surface area contributed by atoms with Gasteiger partial charge in [-0.3, -0.25) is 4.79 Å². The Bertz CT molecular complexity index is 747. The van der Waals surface area contributed by atoms with E-state index in [1.165, 1.54) is 0 Å². The number of likely N-dealkylation sites (N-methyl/N-ethyl adjacent to an activating group) is 1. The molecule has 1 saturated heterocycles.